The quantitative estimate of drug-likeness (QED) is 0.637. The van der Waals surface area contributed by atoms with Crippen LogP contribution in [0.15, 0.2) is 54.6 Å². The fraction of sp³-hybridized carbons (Fsp3) is 0.250. The van der Waals surface area contributed by atoms with Crippen LogP contribution in [-0.2, 0) is 4.74 Å². The SMILES string of the molecule is Cc1ccc(/C=C/C(=O)c2cccc(N3CCOCC3)c2)cc1. The van der Waals surface area contributed by atoms with Crippen molar-refractivity contribution in [2.75, 3.05) is 31.2 Å². The van der Waals surface area contributed by atoms with Gasteiger partial charge < -0.3 is 9.64 Å². The van der Waals surface area contributed by atoms with E-state index in [9.17, 15) is 4.79 Å². The Morgan fingerprint density at radius 2 is 1.83 bits per heavy atom. The van der Waals surface area contributed by atoms with Crippen molar-refractivity contribution in [3.63, 3.8) is 0 Å². The average molecular weight is 307 g/mol. The summed E-state index contributed by atoms with van der Waals surface area (Å²) in [6.45, 7) is 5.28. The summed E-state index contributed by atoms with van der Waals surface area (Å²) in [6.07, 6.45) is 3.51. The van der Waals surface area contributed by atoms with Crippen LogP contribution in [0.2, 0.25) is 0 Å². The molecule has 0 unspecified atom stereocenters. The number of nitrogens with zero attached hydrogens (tertiary/aromatic N) is 1. The van der Waals surface area contributed by atoms with Gasteiger partial charge in [-0.2, -0.15) is 0 Å². The van der Waals surface area contributed by atoms with Gasteiger partial charge in [-0.3, -0.25) is 4.79 Å². The van der Waals surface area contributed by atoms with Crippen LogP contribution in [0, 0.1) is 6.92 Å². The molecule has 1 aliphatic heterocycles. The Labute approximate surface area is 137 Å². The Hall–Kier alpha value is -2.39. The van der Waals surface area contributed by atoms with Gasteiger partial charge in [0.15, 0.2) is 5.78 Å². The summed E-state index contributed by atoms with van der Waals surface area (Å²) in [7, 11) is 0. The molecular formula is C20H21NO2. The van der Waals surface area contributed by atoms with Gasteiger partial charge >= 0.3 is 0 Å². The van der Waals surface area contributed by atoms with E-state index in [1.807, 2.05) is 54.6 Å². The van der Waals surface area contributed by atoms with Crippen molar-refractivity contribution < 1.29 is 9.53 Å². The Balaban J connectivity index is 1.73. The molecule has 1 heterocycles. The van der Waals surface area contributed by atoms with Crippen LogP contribution in [0.3, 0.4) is 0 Å². The summed E-state index contributed by atoms with van der Waals surface area (Å²) >= 11 is 0. The second kappa shape index (κ2) is 7.25. The second-order valence-corrected chi connectivity index (χ2v) is 5.76. The Morgan fingerprint density at radius 3 is 2.57 bits per heavy atom. The van der Waals surface area contributed by atoms with Crippen LogP contribution in [0.25, 0.3) is 6.08 Å². The molecule has 23 heavy (non-hydrogen) atoms. The summed E-state index contributed by atoms with van der Waals surface area (Å²) in [5, 5.41) is 0. The predicted octanol–water partition coefficient (Wildman–Crippen LogP) is 3.73. The zero-order valence-electron chi connectivity index (χ0n) is 13.4. The molecule has 0 amide bonds. The number of rotatable bonds is 4. The molecule has 3 nitrogen and oxygen atoms in total. The molecule has 1 saturated heterocycles. The monoisotopic (exact) mass is 307 g/mol. The smallest absolute Gasteiger partial charge is 0.185 e. The Kier molecular flexibility index (Phi) is 4.89. The minimum atomic E-state index is 0.0284. The molecule has 118 valence electrons. The number of aryl methyl sites for hydroxylation is 1. The zero-order valence-corrected chi connectivity index (χ0v) is 13.4. The van der Waals surface area contributed by atoms with Crippen molar-refractivity contribution in [1.29, 1.82) is 0 Å². The lowest BCUT2D eigenvalue weighted by atomic mass is 10.1. The molecule has 0 atom stereocenters. The third-order valence-corrected chi connectivity index (χ3v) is 4.01. The van der Waals surface area contributed by atoms with E-state index in [-0.39, 0.29) is 5.78 Å². The van der Waals surface area contributed by atoms with Crippen molar-refractivity contribution in [3.8, 4) is 0 Å². The van der Waals surface area contributed by atoms with E-state index in [0.717, 1.165) is 43.1 Å². The fourth-order valence-electron chi connectivity index (χ4n) is 2.62. The first-order valence-electron chi connectivity index (χ1n) is 7.94. The molecule has 0 spiro atoms. The second-order valence-electron chi connectivity index (χ2n) is 5.76. The lowest BCUT2D eigenvalue weighted by Crippen LogP contribution is -2.36. The highest BCUT2D eigenvalue weighted by atomic mass is 16.5. The number of hydrogen-bond donors (Lipinski definition) is 0. The number of allylic oxidation sites excluding steroid dienone is 1. The van der Waals surface area contributed by atoms with Crippen LogP contribution in [0.1, 0.15) is 21.5 Å². The molecule has 2 aromatic carbocycles. The lowest BCUT2D eigenvalue weighted by Gasteiger charge is -2.29. The number of hydrogen-bond acceptors (Lipinski definition) is 3. The van der Waals surface area contributed by atoms with Crippen LogP contribution < -0.4 is 4.90 Å². The van der Waals surface area contributed by atoms with Gasteiger partial charge in [0, 0.05) is 24.3 Å². The maximum Gasteiger partial charge on any atom is 0.185 e. The molecule has 0 radical (unpaired) electrons. The maximum absolute atomic E-state index is 12.4. The minimum Gasteiger partial charge on any atom is -0.378 e. The van der Waals surface area contributed by atoms with Crippen LogP contribution >= 0.6 is 0 Å². The Bertz CT molecular complexity index is 698. The van der Waals surface area contributed by atoms with Gasteiger partial charge in [0.05, 0.1) is 13.2 Å². The molecule has 2 aromatic rings. The standard InChI is InChI=1S/C20H21NO2/c1-16-5-7-17(8-6-16)9-10-20(22)18-3-2-4-19(15-18)21-11-13-23-14-12-21/h2-10,15H,11-14H2,1H3/b10-9+. The van der Waals surface area contributed by atoms with Crippen molar-refractivity contribution in [1.82, 2.24) is 0 Å². The summed E-state index contributed by atoms with van der Waals surface area (Å²) in [5.74, 6) is 0.0284. The first kappa shape index (κ1) is 15.5. The Morgan fingerprint density at radius 1 is 1.09 bits per heavy atom. The first-order chi connectivity index (χ1) is 11.2. The van der Waals surface area contributed by atoms with Gasteiger partial charge in [-0.05, 0) is 30.7 Å². The van der Waals surface area contributed by atoms with E-state index < -0.39 is 0 Å². The lowest BCUT2D eigenvalue weighted by molar-refractivity contribution is 0.104. The number of carbonyl (C=O) groups is 1. The first-order valence-corrected chi connectivity index (χ1v) is 7.94. The van der Waals surface area contributed by atoms with E-state index in [1.165, 1.54) is 5.56 Å². The van der Waals surface area contributed by atoms with Gasteiger partial charge in [-0.1, -0.05) is 48.0 Å². The van der Waals surface area contributed by atoms with E-state index in [0.29, 0.717) is 0 Å². The normalized spacial score (nSPS) is 15.1. The van der Waals surface area contributed by atoms with E-state index in [2.05, 4.69) is 11.8 Å². The molecule has 1 fully saturated rings. The van der Waals surface area contributed by atoms with Crippen molar-refractivity contribution >= 4 is 17.5 Å². The van der Waals surface area contributed by atoms with Crippen molar-refractivity contribution in [3.05, 3.63) is 71.3 Å². The molecular weight excluding hydrogens is 286 g/mol. The van der Waals surface area contributed by atoms with Crippen molar-refractivity contribution in [2.45, 2.75) is 6.92 Å². The fourth-order valence-corrected chi connectivity index (χ4v) is 2.62. The number of anilines is 1. The summed E-state index contributed by atoms with van der Waals surface area (Å²) < 4.78 is 5.38. The van der Waals surface area contributed by atoms with E-state index >= 15 is 0 Å². The number of ether oxygens (including phenoxy) is 1. The van der Waals surface area contributed by atoms with Gasteiger partial charge in [0.2, 0.25) is 0 Å². The zero-order chi connectivity index (χ0) is 16.1. The third kappa shape index (κ3) is 4.08. The molecule has 3 rings (SSSR count). The minimum absolute atomic E-state index is 0.0284. The predicted molar refractivity (Wildman–Crippen MR) is 94.0 cm³/mol. The number of ketones is 1. The molecule has 0 aromatic heterocycles. The highest BCUT2D eigenvalue weighted by Gasteiger charge is 2.12. The maximum atomic E-state index is 12.4. The van der Waals surface area contributed by atoms with E-state index in [4.69, 9.17) is 4.74 Å². The highest BCUT2D eigenvalue weighted by molar-refractivity contribution is 6.07. The third-order valence-electron chi connectivity index (χ3n) is 4.01. The molecule has 3 heteroatoms. The average Bonchev–Trinajstić information content (AvgIpc) is 2.62. The summed E-state index contributed by atoms with van der Waals surface area (Å²) in [5.41, 5.74) is 4.06. The number of morpholine rings is 1. The number of benzene rings is 2. The number of carbonyl (C=O) groups excluding carboxylic acids is 1. The molecule has 1 aliphatic rings. The largest absolute Gasteiger partial charge is 0.378 e. The van der Waals surface area contributed by atoms with Gasteiger partial charge in [-0.25, -0.2) is 0 Å². The molecule has 0 saturated carbocycles. The van der Waals surface area contributed by atoms with Crippen LogP contribution in [0.5, 0.6) is 0 Å². The van der Waals surface area contributed by atoms with Crippen LogP contribution in [0.4, 0.5) is 5.69 Å². The van der Waals surface area contributed by atoms with Crippen LogP contribution in [-0.4, -0.2) is 32.1 Å². The molecule has 0 aliphatic carbocycles. The molecule has 0 bridgehead atoms. The van der Waals surface area contributed by atoms with Gasteiger partial charge in [0.1, 0.15) is 0 Å². The topological polar surface area (TPSA) is 29.5 Å². The summed E-state index contributed by atoms with van der Waals surface area (Å²) in [4.78, 5) is 14.6. The summed E-state index contributed by atoms with van der Waals surface area (Å²) in [6, 6.07) is 15.9. The highest BCUT2D eigenvalue weighted by Crippen LogP contribution is 2.18. The molecule has 0 N–H and O–H groups in total. The van der Waals surface area contributed by atoms with E-state index in [1.54, 1.807) is 6.08 Å². The van der Waals surface area contributed by atoms with Gasteiger partial charge in [0.25, 0.3) is 0 Å². The van der Waals surface area contributed by atoms with Crippen molar-refractivity contribution in [2.24, 2.45) is 0 Å². The van der Waals surface area contributed by atoms with Gasteiger partial charge in [-0.15, -0.1) is 0 Å².